The molecule has 0 aromatic heterocycles. The van der Waals surface area contributed by atoms with Gasteiger partial charge in [-0.3, -0.25) is 0 Å². The first-order valence-corrected chi connectivity index (χ1v) is 14.1. The van der Waals surface area contributed by atoms with Crippen molar-refractivity contribution in [2.75, 3.05) is 16.3 Å². The van der Waals surface area contributed by atoms with Gasteiger partial charge >= 0.3 is 6.85 Å². The molecule has 2 heterocycles. The molecule has 0 radical (unpaired) electrons. The summed E-state index contributed by atoms with van der Waals surface area (Å²) >= 11 is 0. The molecular formula is C38H33BN2. The zero-order valence-electron chi connectivity index (χ0n) is 23.4. The van der Waals surface area contributed by atoms with Crippen molar-refractivity contribution in [1.29, 1.82) is 0 Å². The van der Waals surface area contributed by atoms with Gasteiger partial charge in [0, 0.05) is 40.4 Å². The molecule has 0 saturated heterocycles. The highest BCUT2D eigenvalue weighted by atomic mass is 15.1. The largest absolute Gasteiger partial charge is 0.376 e. The van der Waals surface area contributed by atoms with Crippen LogP contribution in [0.2, 0.25) is 0 Å². The molecule has 0 unspecified atom stereocenters. The molecule has 2 aliphatic heterocycles. The molecule has 6 rings (SSSR count). The Bertz CT molecular complexity index is 1710. The molecular weight excluding hydrogens is 495 g/mol. The van der Waals surface area contributed by atoms with Gasteiger partial charge in [-0.25, -0.2) is 0 Å². The standard InChI is InChI=1S/C38H33BN2/c1-4-16-33-29(3)17-8-7-15-28-40(37(33)5-2)31-24-26-32(27-25-31)41-38-23-14-12-21-35(38)34-20-11-13-22-36(34)39(41)30-18-9-6-10-19-30/h4-27H,2-3,28H2,1H3/b15-7-,16-4-,17-8-,37-33-. The second-order valence-electron chi connectivity index (χ2n) is 10.2. The van der Waals surface area contributed by atoms with E-state index in [-0.39, 0.29) is 6.85 Å². The van der Waals surface area contributed by atoms with Crippen LogP contribution in [0.25, 0.3) is 11.1 Å². The molecule has 0 fully saturated rings. The lowest BCUT2D eigenvalue weighted by atomic mass is 9.46. The van der Waals surface area contributed by atoms with Crippen molar-refractivity contribution < 1.29 is 0 Å². The number of anilines is 3. The quantitative estimate of drug-likeness (QED) is 0.242. The van der Waals surface area contributed by atoms with Crippen LogP contribution >= 0.6 is 0 Å². The molecule has 4 aromatic carbocycles. The Kier molecular flexibility index (Phi) is 7.43. The number of hydrogen-bond acceptors (Lipinski definition) is 2. The Morgan fingerprint density at radius 3 is 2.20 bits per heavy atom. The number of fused-ring (bicyclic) bond motifs is 3. The first-order chi connectivity index (χ1) is 20.2. The van der Waals surface area contributed by atoms with Crippen molar-refractivity contribution in [3.63, 3.8) is 0 Å². The molecule has 198 valence electrons. The number of nitrogens with zero attached hydrogens (tertiary/aromatic N) is 2. The molecule has 2 aliphatic rings. The van der Waals surface area contributed by atoms with E-state index in [9.17, 15) is 0 Å². The zero-order chi connectivity index (χ0) is 28.2. The maximum Gasteiger partial charge on any atom is 0.328 e. The fourth-order valence-corrected chi connectivity index (χ4v) is 5.95. The van der Waals surface area contributed by atoms with Crippen LogP contribution in [0.5, 0.6) is 0 Å². The molecule has 4 aromatic rings. The predicted molar refractivity (Wildman–Crippen MR) is 179 cm³/mol. The summed E-state index contributed by atoms with van der Waals surface area (Å²) in [6, 6.07) is 37.3. The highest BCUT2D eigenvalue weighted by Gasteiger charge is 2.36. The van der Waals surface area contributed by atoms with Crippen LogP contribution in [-0.4, -0.2) is 13.4 Å². The Morgan fingerprint density at radius 2 is 1.44 bits per heavy atom. The minimum absolute atomic E-state index is 0.0561. The molecule has 0 aliphatic carbocycles. The van der Waals surface area contributed by atoms with Crippen LogP contribution in [0.4, 0.5) is 17.1 Å². The van der Waals surface area contributed by atoms with Crippen molar-refractivity contribution >= 4 is 34.8 Å². The summed E-state index contributed by atoms with van der Waals surface area (Å²) in [4.78, 5) is 4.78. The first kappa shape index (κ1) is 26.2. The molecule has 0 N–H and O–H groups in total. The van der Waals surface area contributed by atoms with Crippen LogP contribution in [0.3, 0.4) is 0 Å². The van der Waals surface area contributed by atoms with Crippen molar-refractivity contribution in [2.24, 2.45) is 0 Å². The monoisotopic (exact) mass is 528 g/mol. The van der Waals surface area contributed by atoms with Crippen LogP contribution in [0, 0.1) is 0 Å². The summed E-state index contributed by atoms with van der Waals surface area (Å²) in [6.45, 7) is 11.3. The predicted octanol–water partition coefficient (Wildman–Crippen LogP) is 8.12. The first-order valence-electron chi connectivity index (χ1n) is 14.1. The van der Waals surface area contributed by atoms with Crippen molar-refractivity contribution in [1.82, 2.24) is 0 Å². The second-order valence-corrected chi connectivity index (χ2v) is 10.2. The van der Waals surface area contributed by atoms with Gasteiger partial charge in [0.2, 0.25) is 0 Å². The maximum atomic E-state index is 4.33. The fourth-order valence-electron chi connectivity index (χ4n) is 5.95. The molecule has 3 heteroatoms. The zero-order valence-corrected chi connectivity index (χ0v) is 23.4. The van der Waals surface area contributed by atoms with E-state index in [1.807, 2.05) is 13.0 Å². The average molecular weight is 529 g/mol. The van der Waals surface area contributed by atoms with E-state index in [1.54, 1.807) is 0 Å². The van der Waals surface area contributed by atoms with Crippen LogP contribution < -0.4 is 20.6 Å². The van der Waals surface area contributed by atoms with E-state index in [1.165, 1.54) is 27.7 Å². The van der Waals surface area contributed by atoms with Gasteiger partial charge in [0.15, 0.2) is 0 Å². The average Bonchev–Trinajstić information content (AvgIpc) is 3.10. The van der Waals surface area contributed by atoms with Gasteiger partial charge in [-0.15, -0.1) is 0 Å². The van der Waals surface area contributed by atoms with Crippen LogP contribution in [0.15, 0.2) is 176 Å². The minimum atomic E-state index is 0.0561. The van der Waals surface area contributed by atoms with Gasteiger partial charge in [0.25, 0.3) is 0 Å². The van der Waals surface area contributed by atoms with Crippen LogP contribution in [0.1, 0.15) is 6.92 Å². The normalized spacial score (nSPS) is 18.3. The molecule has 0 atom stereocenters. The smallest absolute Gasteiger partial charge is 0.328 e. The van der Waals surface area contributed by atoms with Crippen LogP contribution in [-0.2, 0) is 0 Å². The number of allylic oxidation sites excluding steroid dienone is 8. The Balaban J connectivity index is 1.48. The molecule has 0 bridgehead atoms. The van der Waals surface area contributed by atoms with Crippen molar-refractivity contribution in [2.45, 2.75) is 6.92 Å². The maximum absolute atomic E-state index is 4.33. The molecule has 0 spiro atoms. The fraction of sp³-hybridized carbons (Fsp3) is 0.0526. The van der Waals surface area contributed by atoms with Gasteiger partial charge in [-0.05, 0) is 59.9 Å². The van der Waals surface area contributed by atoms with Crippen molar-refractivity contribution in [3.8, 4) is 11.1 Å². The lowest BCUT2D eigenvalue weighted by molar-refractivity contribution is 1.03. The Labute approximate surface area is 244 Å². The summed E-state index contributed by atoms with van der Waals surface area (Å²) in [6.07, 6.45) is 14.5. The van der Waals surface area contributed by atoms with E-state index in [0.29, 0.717) is 0 Å². The van der Waals surface area contributed by atoms with E-state index in [4.69, 9.17) is 0 Å². The molecule has 2 nitrogen and oxygen atoms in total. The second kappa shape index (κ2) is 11.6. The van der Waals surface area contributed by atoms with Crippen molar-refractivity contribution in [3.05, 3.63) is 176 Å². The molecule has 0 saturated carbocycles. The minimum Gasteiger partial charge on any atom is -0.376 e. The number of rotatable bonds is 5. The number of hydrogen-bond donors (Lipinski definition) is 0. The van der Waals surface area contributed by atoms with Gasteiger partial charge in [-0.2, -0.15) is 0 Å². The third kappa shape index (κ3) is 4.92. The summed E-state index contributed by atoms with van der Waals surface area (Å²) < 4.78 is 0. The van der Waals surface area contributed by atoms with E-state index >= 15 is 0 Å². The van der Waals surface area contributed by atoms with E-state index in [2.05, 4.69) is 162 Å². The highest BCUT2D eigenvalue weighted by molar-refractivity contribution is 6.90. The summed E-state index contributed by atoms with van der Waals surface area (Å²) in [5.41, 5.74) is 11.6. The highest BCUT2D eigenvalue weighted by Crippen LogP contribution is 2.40. The summed E-state index contributed by atoms with van der Waals surface area (Å²) in [5.74, 6) is 0. The van der Waals surface area contributed by atoms with E-state index < -0.39 is 0 Å². The van der Waals surface area contributed by atoms with Gasteiger partial charge in [0.05, 0.1) is 0 Å². The Hall–Kier alpha value is -5.02. The molecule has 0 amide bonds. The third-order valence-electron chi connectivity index (χ3n) is 7.79. The lowest BCUT2D eigenvalue weighted by Crippen LogP contribution is -2.57. The van der Waals surface area contributed by atoms with Gasteiger partial charge < -0.3 is 9.71 Å². The molecule has 41 heavy (non-hydrogen) atoms. The van der Waals surface area contributed by atoms with Gasteiger partial charge in [-0.1, -0.05) is 128 Å². The summed E-state index contributed by atoms with van der Waals surface area (Å²) in [5, 5.41) is 0. The number of para-hydroxylation sites is 1. The van der Waals surface area contributed by atoms with Gasteiger partial charge in [0.1, 0.15) is 0 Å². The lowest BCUT2D eigenvalue weighted by Gasteiger charge is -2.39. The van der Waals surface area contributed by atoms with E-state index in [0.717, 1.165) is 34.8 Å². The summed E-state index contributed by atoms with van der Waals surface area (Å²) in [7, 11) is 0. The SMILES string of the molecule is C=C/C1=C(\C=C/C)C(=C)/C=C\C=C/CN1c1ccc(N2B(c3ccccc3)c3ccccc3-c3ccccc32)cc1. The number of benzene rings is 4. The topological polar surface area (TPSA) is 6.48 Å². The Morgan fingerprint density at radius 1 is 0.756 bits per heavy atom. The third-order valence-corrected chi connectivity index (χ3v) is 7.79.